The predicted octanol–water partition coefficient (Wildman–Crippen LogP) is 4.91. The van der Waals surface area contributed by atoms with Crippen LogP contribution in [0.5, 0.6) is 5.75 Å². The lowest BCUT2D eigenvalue weighted by atomic mass is 10.0. The highest BCUT2D eigenvalue weighted by Crippen LogP contribution is 2.34. The molecule has 0 aliphatic heterocycles. The second-order valence-electron chi connectivity index (χ2n) is 5.18. The summed E-state index contributed by atoms with van der Waals surface area (Å²) in [5.74, 6) is 1.33. The minimum absolute atomic E-state index is 0.146. The Morgan fingerprint density at radius 3 is 2.55 bits per heavy atom. The monoisotopic (exact) mass is 309 g/mol. The second-order valence-corrected chi connectivity index (χ2v) is 6.93. The zero-order chi connectivity index (χ0) is 14.7. The Morgan fingerprint density at radius 2 is 2.00 bits per heavy atom. The summed E-state index contributed by atoms with van der Waals surface area (Å²) in [6, 6.07) is 10.2. The van der Waals surface area contributed by atoms with E-state index in [1.54, 1.807) is 0 Å². The molecule has 0 aliphatic rings. The van der Waals surface area contributed by atoms with Gasteiger partial charge < -0.3 is 10.5 Å². The maximum absolute atomic E-state index is 6.16. The van der Waals surface area contributed by atoms with Crippen LogP contribution >= 0.6 is 22.9 Å². The van der Waals surface area contributed by atoms with E-state index in [0.717, 1.165) is 15.0 Å². The van der Waals surface area contributed by atoms with Gasteiger partial charge in [0.25, 0.3) is 0 Å². The van der Waals surface area contributed by atoms with E-state index < -0.39 is 0 Å². The van der Waals surface area contributed by atoms with Gasteiger partial charge in [-0.1, -0.05) is 37.6 Å². The van der Waals surface area contributed by atoms with E-state index in [1.807, 2.05) is 12.1 Å². The van der Waals surface area contributed by atoms with Crippen LogP contribution in [0, 0.1) is 6.92 Å². The number of hydrogen-bond acceptors (Lipinski definition) is 3. The highest BCUT2D eigenvalue weighted by molar-refractivity contribution is 7.16. The highest BCUT2D eigenvalue weighted by Gasteiger charge is 2.17. The molecule has 0 saturated heterocycles. The normalized spacial score (nSPS) is 12.7. The molecule has 0 amide bonds. The fraction of sp³-hybridized carbons (Fsp3) is 0.375. The maximum atomic E-state index is 6.16. The molecule has 1 unspecified atom stereocenters. The van der Waals surface area contributed by atoms with Gasteiger partial charge in [-0.15, -0.1) is 11.3 Å². The standard InChI is InChI=1S/C16H20ClNOS/c1-10(2)12-5-4-11(3)8-13(12)19-14(9-18)15-6-7-16(17)20-15/h4-8,10,14H,9,18H2,1-3H3. The molecule has 2 nitrogen and oxygen atoms in total. The van der Waals surface area contributed by atoms with Crippen LogP contribution in [-0.2, 0) is 0 Å². The van der Waals surface area contributed by atoms with Crippen molar-refractivity contribution in [3.63, 3.8) is 0 Å². The number of benzene rings is 1. The molecule has 2 aromatic rings. The number of aryl methyl sites for hydroxylation is 1. The molecular formula is C16H20ClNOS. The Morgan fingerprint density at radius 1 is 1.25 bits per heavy atom. The van der Waals surface area contributed by atoms with Crippen LogP contribution in [0.15, 0.2) is 30.3 Å². The summed E-state index contributed by atoms with van der Waals surface area (Å²) in [6.45, 7) is 6.83. The van der Waals surface area contributed by atoms with Gasteiger partial charge in [-0.05, 0) is 42.2 Å². The van der Waals surface area contributed by atoms with Crippen LogP contribution in [0.1, 0.15) is 41.9 Å². The van der Waals surface area contributed by atoms with Crippen LogP contribution in [0.25, 0.3) is 0 Å². The summed E-state index contributed by atoms with van der Waals surface area (Å²) >= 11 is 7.51. The fourth-order valence-corrected chi connectivity index (χ4v) is 3.20. The zero-order valence-corrected chi connectivity index (χ0v) is 13.6. The van der Waals surface area contributed by atoms with E-state index in [1.165, 1.54) is 22.5 Å². The van der Waals surface area contributed by atoms with Crippen molar-refractivity contribution in [2.75, 3.05) is 6.54 Å². The van der Waals surface area contributed by atoms with Crippen LogP contribution in [0.4, 0.5) is 0 Å². The first-order valence-electron chi connectivity index (χ1n) is 6.73. The molecule has 2 N–H and O–H groups in total. The smallest absolute Gasteiger partial charge is 0.145 e. The van der Waals surface area contributed by atoms with E-state index in [-0.39, 0.29) is 6.10 Å². The van der Waals surface area contributed by atoms with Gasteiger partial charge in [0.15, 0.2) is 0 Å². The SMILES string of the molecule is Cc1ccc(C(C)C)c(OC(CN)c2ccc(Cl)s2)c1. The number of hydrogen-bond donors (Lipinski definition) is 1. The predicted molar refractivity (Wildman–Crippen MR) is 87.0 cm³/mol. The Balaban J connectivity index is 2.29. The average Bonchev–Trinajstić information content (AvgIpc) is 2.82. The summed E-state index contributed by atoms with van der Waals surface area (Å²) in [4.78, 5) is 1.06. The number of thiophene rings is 1. The third kappa shape index (κ3) is 3.54. The topological polar surface area (TPSA) is 35.2 Å². The lowest BCUT2D eigenvalue weighted by Crippen LogP contribution is -2.18. The third-order valence-electron chi connectivity index (χ3n) is 3.19. The summed E-state index contributed by atoms with van der Waals surface area (Å²) in [7, 11) is 0. The quantitative estimate of drug-likeness (QED) is 0.851. The summed E-state index contributed by atoms with van der Waals surface area (Å²) in [5, 5.41) is 0. The number of nitrogens with two attached hydrogens (primary N) is 1. The van der Waals surface area contributed by atoms with Crippen LogP contribution in [0.3, 0.4) is 0 Å². The first-order valence-corrected chi connectivity index (χ1v) is 7.93. The summed E-state index contributed by atoms with van der Waals surface area (Å²) in [5.41, 5.74) is 8.25. The second kappa shape index (κ2) is 6.61. The minimum atomic E-state index is -0.146. The van der Waals surface area contributed by atoms with Gasteiger partial charge in [-0.2, -0.15) is 0 Å². The van der Waals surface area contributed by atoms with Crippen LogP contribution in [-0.4, -0.2) is 6.54 Å². The molecule has 4 heteroatoms. The zero-order valence-electron chi connectivity index (χ0n) is 12.0. The van der Waals surface area contributed by atoms with E-state index in [4.69, 9.17) is 22.1 Å². The Bertz CT molecular complexity index is 580. The van der Waals surface area contributed by atoms with Crippen molar-refractivity contribution in [2.45, 2.75) is 32.8 Å². The van der Waals surface area contributed by atoms with Gasteiger partial charge in [0.2, 0.25) is 0 Å². The Kier molecular flexibility index (Phi) is 5.08. The van der Waals surface area contributed by atoms with E-state index >= 15 is 0 Å². The first-order chi connectivity index (χ1) is 9.51. The van der Waals surface area contributed by atoms with Crippen molar-refractivity contribution in [3.05, 3.63) is 50.7 Å². The van der Waals surface area contributed by atoms with Crippen molar-refractivity contribution in [1.82, 2.24) is 0 Å². The maximum Gasteiger partial charge on any atom is 0.145 e. The molecule has 0 radical (unpaired) electrons. The average molecular weight is 310 g/mol. The number of rotatable bonds is 5. The molecule has 0 saturated carbocycles. The van der Waals surface area contributed by atoms with Gasteiger partial charge in [0, 0.05) is 11.4 Å². The largest absolute Gasteiger partial charge is 0.483 e. The van der Waals surface area contributed by atoms with Crippen molar-refractivity contribution >= 4 is 22.9 Å². The molecule has 1 atom stereocenters. The fourth-order valence-electron chi connectivity index (χ4n) is 2.10. The molecule has 1 aromatic heterocycles. The van der Waals surface area contributed by atoms with E-state index in [0.29, 0.717) is 12.5 Å². The molecule has 2 rings (SSSR count). The first kappa shape index (κ1) is 15.4. The van der Waals surface area contributed by atoms with Gasteiger partial charge >= 0.3 is 0 Å². The van der Waals surface area contributed by atoms with Gasteiger partial charge in [-0.3, -0.25) is 0 Å². The van der Waals surface area contributed by atoms with Crippen molar-refractivity contribution in [3.8, 4) is 5.75 Å². The van der Waals surface area contributed by atoms with Gasteiger partial charge in [0.1, 0.15) is 11.9 Å². The summed E-state index contributed by atoms with van der Waals surface area (Å²) < 4.78 is 6.92. The van der Waals surface area contributed by atoms with Crippen molar-refractivity contribution in [2.24, 2.45) is 5.73 Å². The molecule has 108 valence electrons. The van der Waals surface area contributed by atoms with Gasteiger partial charge in [-0.25, -0.2) is 0 Å². The number of halogens is 1. The molecule has 20 heavy (non-hydrogen) atoms. The van der Waals surface area contributed by atoms with Crippen molar-refractivity contribution < 1.29 is 4.74 Å². The lowest BCUT2D eigenvalue weighted by molar-refractivity contribution is 0.215. The van der Waals surface area contributed by atoms with E-state index in [2.05, 4.69) is 39.0 Å². The Labute approximate surface area is 129 Å². The minimum Gasteiger partial charge on any atom is -0.483 e. The van der Waals surface area contributed by atoms with Crippen LogP contribution in [0.2, 0.25) is 4.34 Å². The number of ether oxygens (including phenoxy) is 1. The highest BCUT2D eigenvalue weighted by atomic mass is 35.5. The molecule has 1 aromatic carbocycles. The lowest BCUT2D eigenvalue weighted by Gasteiger charge is -2.20. The van der Waals surface area contributed by atoms with Crippen molar-refractivity contribution in [1.29, 1.82) is 0 Å². The summed E-state index contributed by atoms with van der Waals surface area (Å²) in [6.07, 6.45) is -0.146. The molecule has 0 fully saturated rings. The molecule has 0 aliphatic carbocycles. The third-order valence-corrected chi connectivity index (χ3v) is 4.51. The van der Waals surface area contributed by atoms with Gasteiger partial charge in [0.05, 0.1) is 4.34 Å². The molecular weight excluding hydrogens is 290 g/mol. The van der Waals surface area contributed by atoms with E-state index in [9.17, 15) is 0 Å². The molecule has 0 bridgehead atoms. The molecule has 0 spiro atoms. The Hall–Kier alpha value is -1.03. The van der Waals surface area contributed by atoms with Crippen LogP contribution < -0.4 is 10.5 Å². The molecule has 1 heterocycles.